The van der Waals surface area contributed by atoms with Crippen molar-refractivity contribution in [3.63, 3.8) is 0 Å². The number of nitrogens with two attached hydrogens (primary N) is 1. The number of carbonyl (C=O) groups is 2. The van der Waals surface area contributed by atoms with Crippen molar-refractivity contribution in [2.45, 2.75) is 31.9 Å². The molecule has 1 aliphatic rings. The number of piperidine rings is 1. The average molecular weight is 564 g/mol. The molecule has 0 saturated carbocycles. The molecule has 38 heavy (non-hydrogen) atoms. The maximum Gasteiger partial charge on any atom is 0.314 e. The van der Waals surface area contributed by atoms with Crippen molar-refractivity contribution in [2.75, 3.05) is 32.4 Å². The van der Waals surface area contributed by atoms with Gasteiger partial charge >= 0.3 is 6.03 Å². The molecule has 3 aromatic rings. The van der Waals surface area contributed by atoms with E-state index in [0.717, 1.165) is 24.0 Å². The number of urea groups is 1. The molecular formula is C25H28Cl2FN7O3. The van der Waals surface area contributed by atoms with Crippen molar-refractivity contribution in [2.24, 2.45) is 0 Å². The Kier molecular flexibility index (Phi) is 8.58. The van der Waals surface area contributed by atoms with Gasteiger partial charge in [-0.3, -0.25) is 9.48 Å². The van der Waals surface area contributed by atoms with E-state index in [1.807, 2.05) is 10.9 Å². The standard InChI is InChI=1S/C25H28Cl2FN7O3/c1-14(22-18(26)3-4-19(28)23(22)27)38-20-9-15(10-31-24(20)29)16-11-33-35(13-16)17-5-7-34(8-6-17)21(36)12-32-25(37)30-2/h3-4,9-11,13-14,17H,5-8,12H2,1-2H3,(H2,29,31)(H2,30,32,37). The number of benzene rings is 1. The van der Waals surface area contributed by atoms with Crippen molar-refractivity contribution < 1.29 is 18.7 Å². The highest BCUT2D eigenvalue weighted by atomic mass is 35.5. The highest BCUT2D eigenvalue weighted by Crippen LogP contribution is 2.37. The molecular weight excluding hydrogens is 536 g/mol. The summed E-state index contributed by atoms with van der Waals surface area (Å²) in [6.45, 7) is 2.79. The lowest BCUT2D eigenvalue weighted by atomic mass is 10.1. The Morgan fingerprint density at radius 2 is 1.97 bits per heavy atom. The van der Waals surface area contributed by atoms with E-state index in [1.54, 1.807) is 30.3 Å². The molecule has 3 amide bonds. The number of nitrogens with zero attached hydrogens (tertiary/aromatic N) is 4. The smallest absolute Gasteiger partial charge is 0.314 e. The van der Waals surface area contributed by atoms with Gasteiger partial charge in [0, 0.05) is 54.2 Å². The summed E-state index contributed by atoms with van der Waals surface area (Å²) in [6, 6.07) is 4.09. The number of anilines is 1. The number of hydrogen-bond acceptors (Lipinski definition) is 6. The Morgan fingerprint density at radius 1 is 1.24 bits per heavy atom. The van der Waals surface area contributed by atoms with Gasteiger partial charge < -0.3 is 26.0 Å². The Balaban J connectivity index is 1.42. The number of carbonyl (C=O) groups excluding carboxylic acids is 2. The maximum absolute atomic E-state index is 14.0. The monoisotopic (exact) mass is 563 g/mol. The summed E-state index contributed by atoms with van der Waals surface area (Å²) in [5, 5.41) is 9.63. The van der Waals surface area contributed by atoms with Crippen LogP contribution in [-0.2, 0) is 4.79 Å². The number of halogens is 3. The predicted molar refractivity (Wildman–Crippen MR) is 143 cm³/mol. The Morgan fingerprint density at radius 3 is 2.68 bits per heavy atom. The van der Waals surface area contributed by atoms with Crippen LogP contribution in [0.15, 0.2) is 36.8 Å². The SMILES string of the molecule is CNC(=O)NCC(=O)N1CCC(n2cc(-c3cnc(N)c(OC(C)c4c(Cl)ccc(F)c4Cl)c3)cn2)CC1. The Hall–Kier alpha value is -3.57. The zero-order valence-electron chi connectivity index (χ0n) is 20.9. The molecule has 1 aliphatic heterocycles. The second-order valence-corrected chi connectivity index (χ2v) is 9.66. The average Bonchev–Trinajstić information content (AvgIpc) is 3.41. The van der Waals surface area contributed by atoms with Crippen LogP contribution < -0.4 is 21.1 Å². The van der Waals surface area contributed by atoms with Gasteiger partial charge in [0.05, 0.1) is 23.8 Å². The fourth-order valence-electron chi connectivity index (χ4n) is 4.29. The van der Waals surface area contributed by atoms with E-state index in [0.29, 0.717) is 24.4 Å². The zero-order chi connectivity index (χ0) is 27.4. The van der Waals surface area contributed by atoms with Gasteiger partial charge in [0.2, 0.25) is 5.91 Å². The van der Waals surface area contributed by atoms with Crippen LogP contribution in [0.2, 0.25) is 10.0 Å². The first kappa shape index (κ1) is 27.5. The molecule has 4 N–H and O–H groups in total. The first-order valence-corrected chi connectivity index (χ1v) is 12.8. The maximum atomic E-state index is 14.0. The van der Waals surface area contributed by atoms with Crippen molar-refractivity contribution in [3.05, 3.63) is 58.2 Å². The van der Waals surface area contributed by atoms with E-state index < -0.39 is 11.9 Å². The Labute approximate surface area is 229 Å². The molecule has 1 unspecified atom stereocenters. The summed E-state index contributed by atoms with van der Waals surface area (Å²) >= 11 is 12.4. The van der Waals surface area contributed by atoms with Gasteiger partial charge in [0.1, 0.15) is 11.9 Å². The van der Waals surface area contributed by atoms with Crippen molar-refractivity contribution in [1.82, 2.24) is 30.3 Å². The van der Waals surface area contributed by atoms with Crippen LogP contribution >= 0.6 is 23.2 Å². The fourth-order valence-corrected chi connectivity index (χ4v) is 4.97. The molecule has 0 bridgehead atoms. The van der Waals surface area contributed by atoms with Crippen LogP contribution in [0.1, 0.15) is 37.5 Å². The molecule has 0 radical (unpaired) electrons. The molecule has 1 aromatic carbocycles. The fraction of sp³-hybridized carbons (Fsp3) is 0.360. The Bertz CT molecular complexity index is 1330. The van der Waals surface area contributed by atoms with Gasteiger partial charge in [0.15, 0.2) is 11.6 Å². The minimum Gasteiger partial charge on any atom is -0.482 e. The second kappa shape index (κ2) is 11.9. The van der Waals surface area contributed by atoms with Crippen molar-refractivity contribution >= 4 is 41.0 Å². The summed E-state index contributed by atoms with van der Waals surface area (Å²) in [5.74, 6) is -0.246. The molecule has 13 heteroatoms. The predicted octanol–water partition coefficient (Wildman–Crippen LogP) is 4.21. The van der Waals surface area contributed by atoms with Gasteiger partial charge in [-0.05, 0) is 38.0 Å². The normalized spacial score (nSPS) is 14.7. The van der Waals surface area contributed by atoms with Crippen LogP contribution in [0.3, 0.4) is 0 Å². The van der Waals surface area contributed by atoms with Crippen LogP contribution in [-0.4, -0.2) is 58.3 Å². The molecule has 1 atom stereocenters. The molecule has 2 aromatic heterocycles. The molecule has 10 nitrogen and oxygen atoms in total. The number of likely N-dealkylation sites (tertiary alicyclic amines) is 1. The molecule has 0 aliphatic carbocycles. The van der Waals surface area contributed by atoms with Crippen LogP contribution in [0.4, 0.5) is 15.0 Å². The van der Waals surface area contributed by atoms with Crippen LogP contribution in [0, 0.1) is 5.82 Å². The molecule has 1 saturated heterocycles. The van der Waals surface area contributed by atoms with Gasteiger partial charge in [-0.1, -0.05) is 23.2 Å². The van der Waals surface area contributed by atoms with Crippen LogP contribution in [0.5, 0.6) is 5.75 Å². The number of hydrogen-bond donors (Lipinski definition) is 3. The first-order valence-electron chi connectivity index (χ1n) is 12.0. The summed E-state index contributed by atoms with van der Waals surface area (Å²) < 4.78 is 21.9. The largest absolute Gasteiger partial charge is 0.482 e. The number of nitrogens with one attached hydrogen (secondary N) is 2. The molecule has 3 heterocycles. The topological polar surface area (TPSA) is 127 Å². The number of aromatic nitrogens is 3. The number of ether oxygens (including phenoxy) is 1. The van der Waals surface area contributed by atoms with Gasteiger partial charge in [-0.25, -0.2) is 14.2 Å². The summed E-state index contributed by atoms with van der Waals surface area (Å²) in [6.07, 6.45) is 6.03. The quantitative estimate of drug-likeness (QED) is 0.369. The minimum absolute atomic E-state index is 0.0406. The van der Waals surface area contributed by atoms with Gasteiger partial charge in [-0.15, -0.1) is 0 Å². The highest BCUT2D eigenvalue weighted by molar-refractivity contribution is 6.36. The van der Waals surface area contributed by atoms with Gasteiger partial charge in [-0.2, -0.15) is 5.10 Å². The second-order valence-electron chi connectivity index (χ2n) is 8.88. The zero-order valence-corrected chi connectivity index (χ0v) is 22.4. The van der Waals surface area contributed by atoms with E-state index in [-0.39, 0.29) is 40.4 Å². The number of amides is 3. The highest BCUT2D eigenvalue weighted by Gasteiger charge is 2.25. The molecule has 4 rings (SSSR count). The van der Waals surface area contributed by atoms with E-state index in [9.17, 15) is 14.0 Å². The third-order valence-corrected chi connectivity index (χ3v) is 7.14. The van der Waals surface area contributed by atoms with Crippen molar-refractivity contribution in [3.8, 4) is 16.9 Å². The van der Waals surface area contributed by atoms with Crippen LogP contribution in [0.25, 0.3) is 11.1 Å². The third-order valence-electron chi connectivity index (χ3n) is 6.42. The summed E-state index contributed by atoms with van der Waals surface area (Å²) in [7, 11) is 1.50. The lowest BCUT2D eigenvalue weighted by Gasteiger charge is -2.32. The lowest BCUT2D eigenvalue weighted by Crippen LogP contribution is -2.45. The first-order chi connectivity index (χ1) is 18.2. The third kappa shape index (κ3) is 6.11. The minimum atomic E-state index is -0.688. The number of pyridine rings is 1. The summed E-state index contributed by atoms with van der Waals surface area (Å²) in [4.78, 5) is 29.6. The molecule has 1 fully saturated rings. The van der Waals surface area contributed by atoms with E-state index in [4.69, 9.17) is 33.7 Å². The van der Waals surface area contributed by atoms with E-state index >= 15 is 0 Å². The number of rotatable bonds is 7. The number of nitrogen functional groups attached to an aromatic ring is 1. The lowest BCUT2D eigenvalue weighted by molar-refractivity contribution is -0.131. The summed E-state index contributed by atoms with van der Waals surface area (Å²) in [5.41, 5.74) is 7.91. The van der Waals surface area contributed by atoms with E-state index in [1.165, 1.54) is 19.2 Å². The molecule has 202 valence electrons. The van der Waals surface area contributed by atoms with Crippen molar-refractivity contribution in [1.29, 1.82) is 0 Å². The van der Waals surface area contributed by atoms with Gasteiger partial charge in [0.25, 0.3) is 0 Å². The van der Waals surface area contributed by atoms with E-state index in [2.05, 4.69) is 20.7 Å². The molecule has 0 spiro atoms.